The van der Waals surface area contributed by atoms with Crippen LogP contribution in [0.2, 0.25) is 5.02 Å². The number of hydrogen-bond donors (Lipinski definition) is 2. The van der Waals surface area contributed by atoms with Crippen molar-refractivity contribution in [2.45, 2.75) is 6.04 Å². The van der Waals surface area contributed by atoms with E-state index in [1.807, 2.05) is 0 Å². The van der Waals surface area contributed by atoms with Crippen molar-refractivity contribution in [1.82, 2.24) is 10.2 Å². The molecule has 7 nitrogen and oxygen atoms in total. The topological polar surface area (TPSA) is 95.9 Å². The van der Waals surface area contributed by atoms with Crippen molar-refractivity contribution in [1.29, 1.82) is 0 Å². The number of piperazine rings is 1. The van der Waals surface area contributed by atoms with Crippen LogP contribution in [0, 0.1) is 0 Å². The Morgan fingerprint density at radius 3 is 2.81 bits per heavy atom. The normalized spacial score (nSPS) is 18.0. The van der Waals surface area contributed by atoms with E-state index in [1.54, 1.807) is 24.3 Å². The molecule has 0 spiro atoms. The predicted octanol–water partition coefficient (Wildman–Crippen LogP) is 0.130. The van der Waals surface area contributed by atoms with Gasteiger partial charge in [-0.15, -0.1) is 0 Å². The van der Waals surface area contributed by atoms with Crippen LogP contribution < -0.4 is 10.1 Å². The lowest BCUT2D eigenvalue weighted by atomic mass is 10.2. The maximum Gasteiger partial charge on any atom is 0.328 e. The number of carboxylic acid groups (broad SMARTS) is 1. The Kier molecular flexibility index (Phi) is 4.64. The number of carboxylic acids is 1. The quantitative estimate of drug-likeness (QED) is 0.824. The van der Waals surface area contributed by atoms with Gasteiger partial charge in [0.05, 0.1) is 5.02 Å². The molecule has 2 N–H and O–H groups in total. The monoisotopic (exact) mass is 312 g/mol. The van der Waals surface area contributed by atoms with Crippen molar-refractivity contribution < 1.29 is 24.2 Å². The van der Waals surface area contributed by atoms with Crippen LogP contribution in [0.3, 0.4) is 0 Å². The number of nitrogens with one attached hydrogen (secondary N) is 1. The van der Waals surface area contributed by atoms with Crippen LogP contribution >= 0.6 is 11.6 Å². The van der Waals surface area contributed by atoms with Gasteiger partial charge in [0.15, 0.2) is 6.61 Å². The van der Waals surface area contributed by atoms with Gasteiger partial charge in [-0.2, -0.15) is 0 Å². The molecule has 1 aromatic rings. The fourth-order valence-electron chi connectivity index (χ4n) is 1.91. The van der Waals surface area contributed by atoms with E-state index in [2.05, 4.69) is 5.32 Å². The van der Waals surface area contributed by atoms with Crippen LogP contribution in [0.4, 0.5) is 0 Å². The molecule has 1 heterocycles. The Labute approximate surface area is 125 Å². The fraction of sp³-hybridized carbons (Fsp3) is 0.308. The number of aliphatic carboxylic acids is 1. The van der Waals surface area contributed by atoms with Crippen LogP contribution in [0.15, 0.2) is 24.3 Å². The lowest BCUT2D eigenvalue weighted by molar-refractivity contribution is -0.154. The Morgan fingerprint density at radius 1 is 1.43 bits per heavy atom. The second-order valence-corrected chi connectivity index (χ2v) is 4.81. The lowest BCUT2D eigenvalue weighted by Crippen LogP contribution is -2.60. The summed E-state index contributed by atoms with van der Waals surface area (Å²) in [5, 5.41) is 11.8. The third kappa shape index (κ3) is 3.63. The number of para-hydroxylation sites is 1. The molecule has 0 radical (unpaired) electrons. The van der Waals surface area contributed by atoms with E-state index in [4.69, 9.17) is 21.4 Å². The number of rotatable bonds is 4. The molecule has 0 aromatic heterocycles. The summed E-state index contributed by atoms with van der Waals surface area (Å²) in [6, 6.07) is 5.51. The molecule has 21 heavy (non-hydrogen) atoms. The van der Waals surface area contributed by atoms with Crippen molar-refractivity contribution in [3.63, 3.8) is 0 Å². The highest BCUT2D eigenvalue weighted by Crippen LogP contribution is 2.23. The number of halogens is 1. The molecule has 1 fully saturated rings. The predicted molar refractivity (Wildman–Crippen MR) is 73.1 cm³/mol. The molecule has 2 amide bonds. The second kappa shape index (κ2) is 6.45. The van der Waals surface area contributed by atoms with Gasteiger partial charge in [-0.1, -0.05) is 23.7 Å². The van der Waals surface area contributed by atoms with Crippen molar-refractivity contribution in [3.8, 4) is 5.75 Å². The molecule has 1 atom stereocenters. The molecule has 112 valence electrons. The van der Waals surface area contributed by atoms with E-state index < -0.39 is 23.8 Å². The van der Waals surface area contributed by atoms with Crippen molar-refractivity contribution >= 4 is 29.4 Å². The second-order valence-electron chi connectivity index (χ2n) is 4.40. The third-order valence-corrected chi connectivity index (χ3v) is 3.29. The molecule has 0 bridgehead atoms. The summed E-state index contributed by atoms with van der Waals surface area (Å²) < 4.78 is 5.27. The van der Waals surface area contributed by atoms with E-state index in [1.165, 1.54) is 0 Å². The average Bonchev–Trinajstić information content (AvgIpc) is 2.45. The van der Waals surface area contributed by atoms with E-state index in [9.17, 15) is 14.4 Å². The van der Waals surface area contributed by atoms with Crippen LogP contribution in [0.5, 0.6) is 5.75 Å². The molecule has 2 rings (SSSR count). The minimum atomic E-state index is -1.18. The first kappa shape index (κ1) is 15.1. The SMILES string of the molecule is O=C1CN(C(=O)COc2ccccc2Cl)C(C(=O)O)CN1. The highest BCUT2D eigenvalue weighted by atomic mass is 35.5. The molecule has 1 aromatic carbocycles. The van der Waals surface area contributed by atoms with Gasteiger partial charge in [0.25, 0.3) is 5.91 Å². The Hall–Kier alpha value is -2.28. The van der Waals surface area contributed by atoms with Gasteiger partial charge in [-0.05, 0) is 12.1 Å². The molecular weight excluding hydrogens is 300 g/mol. The van der Waals surface area contributed by atoms with Crippen LogP contribution in [0.1, 0.15) is 0 Å². The van der Waals surface area contributed by atoms with Gasteiger partial charge in [0.2, 0.25) is 5.91 Å². The van der Waals surface area contributed by atoms with Gasteiger partial charge in [0, 0.05) is 6.54 Å². The first-order valence-electron chi connectivity index (χ1n) is 6.15. The smallest absolute Gasteiger partial charge is 0.328 e. The minimum Gasteiger partial charge on any atom is -0.482 e. The van der Waals surface area contributed by atoms with Crippen molar-refractivity contribution in [2.75, 3.05) is 19.7 Å². The zero-order chi connectivity index (χ0) is 15.4. The minimum absolute atomic E-state index is 0.119. The number of hydrogen-bond acceptors (Lipinski definition) is 4. The summed E-state index contributed by atoms with van der Waals surface area (Å²) >= 11 is 5.89. The summed E-state index contributed by atoms with van der Waals surface area (Å²) in [5.74, 6) is -1.85. The highest BCUT2D eigenvalue weighted by Gasteiger charge is 2.35. The van der Waals surface area contributed by atoms with Gasteiger partial charge in [0.1, 0.15) is 18.3 Å². The molecule has 1 aliphatic rings. The first-order valence-corrected chi connectivity index (χ1v) is 6.53. The summed E-state index contributed by atoms with van der Waals surface area (Å²) in [6.45, 7) is -0.811. The number of benzene rings is 1. The summed E-state index contributed by atoms with van der Waals surface area (Å²) in [7, 11) is 0. The molecule has 1 aliphatic heterocycles. The van der Waals surface area contributed by atoms with Crippen LogP contribution in [-0.4, -0.2) is 53.5 Å². The number of carbonyl (C=O) groups is 3. The maximum absolute atomic E-state index is 12.1. The lowest BCUT2D eigenvalue weighted by Gasteiger charge is -2.32. The van der Waals surface area contributed by atoms with E-state index in [-0.39, 0.29) is 19.7 Å². The Morgan fingerprint density at radius 2 is 2.14 bits per heavy atom. The fourth-order valence-corrected chi connectivity index (χ4v) is 2.10. The maximum atomic E-state index is 12.1. The van der Waals surface area contributed by atoms with Crippen molar-refractivity contribution in [3.05, 3.63) is 29.3 Å². The number of ether oxygens (including phenoxy) is 1. The van der Waals surface area contributed by atoms with Gasteiger partial charge >= 0.3 is 5.97 Å². The number of nitrogens with zero attached hydrogens (tertiary/aromatic N) is 1. The standard InChI is InChI=1S/C13H13ClN2O5/c14-8-3-1-2-4-10(8)21-7-12(18)16-6-11(17)15-5-9(16)13(19)20/h1-4,9H,5-7H2,(H,15,17)(H,19,20). The molecule has 1 unspecified atom stereocenters. The van der Waals surface area contributed by atoms with E-state index >= 15 is 0 Å². The molecule has 0 aliphatic carbocycles. The molecule has 0 saturated carbocycles. The van der Waals surface area contributed by atoms with E-state index in [0.717, 1.165) is 4.90 Å². The number of carbonyl (C=O) groups excluding carboxylic acids is 2. The summed E-state index contributed by atoms with van der Waals surface area (Å²) in [4.78, 5) is 35.5. The third-order valence-electron chi connectivity index (χ3n) is 2.98. The van der Waals surface area contributed by atoms with E-state index in [0.29, 0.717) is 10.8 Å². The van der Waals surface area contributed by atoms with Crippen LogP contribution in [0.25, 0.3) is 0 Å². The zero-order valence-electron chi connectivity index (χ0n) is 10.9. The van der Waals surface area contributed by atoms with Crippen LogP contribution in [-0.2, 0) is 14.4 Å². The van der Waals surface area contributed by atoms with Gasteiger partial charge in [-0.3, -0.25) is 9.59 Å². The largest absolute Gasteiger partial charge is 0.482 e. The summed E-state index contributed by atoms with van der Waals surface area (Å²) in [5.41, 5.74) is 0. The average molecular weight is 313 g/mol. The molecule has 1 saturated heterocycles. The summed E-state index contributed by atoms with van der Waals surface area (Å²) in [6.07, 6.45) is 0. The molecule has 8 heteroatoms. The van der Waals surface area contributed by atoms with Gasteiger partial charge in [-0.25, -0.2) is 4.79 Å². The first-order chi connectivity index (χ1) is 9.99. The zero-order valence-corrected chi connectivity index (χ0v) is 11.7. The Bertz CT molecular complexity index is 577. The molecular formula is C13H13ClN2O5. The van der Waals surface area contributed by atoms with Gasteiger partial charge < -0.3 is 20.1 Å². The Balaban J connectivity index is 2.02. The highest BCUT2D eigenvalue weighted by molar-refractivity contribution is 6.32. The van der Waals surface area contributed by atoms with Crippen molar-refractivity contribution in [2.24, 2.45) is 0 Å². The number of amides is 2.